The van der Waals surface area contributed by atoms with Crippen molar-refractivity contribution in [2.45, 2.75) is 32.1 Å². The van der Waals surface area contributed by atoms with Crippen LogP contribution < -0.4 is 10.6 Å². The van der Waals surface area contributed by atoms with Crippen LogP contribution in [-0.4, -0.2) is 39.8 Å². The Morgan fingerprint density at radius 2 is 2.19 bits per heavy atom. The van der Waals surface area contributed by atoms with Gasteiger partial charge in [0.1, 0.15) is 6.17 Å². The molecule has 2 N–H and O–H groups in total. The van der Waals surface area contributed by atoms with Gasteiger partial charge >= 0.3 is 0 Å². The van der Waals surface area contributed by atoms with Crippen LogP contribution >= 0.6 is 0 Å². The summed E-state index contributed by atoms with van der Waals surface area (Å²) < 4.78 is 15.9. The van der Waals surface area contributed by atoms with Crippen LogP contribution in [0.5, 0.6) is 0 Å². The van der Waals surface area contributed by atoms with Crippen LogP contribution in [0.3, 0.4) is 0 Å². The first-order valence-electron chi connectivity index (χ1n) is 8.99. The molecule has 2 aromatic heterocycles. The van der Waals surface area contributed by atoms with E-state index < -0.39 is 12.2 Å². The minimum Gasteiger partial charge on any atom is -0.340 e. The zero-order valence-corrected chi connectivity index (χ0v) is 15.1. The first-order valence-corrected chi connectivity index (χ1v) is 8.99. The largest absolute Gasteiger partial charge is 0.340 e. The van der Waals surface area contributed by atoms with E-state index >= 15 is 0 Å². The van der Waals surface area contributed by atoms with Crippen molar-refractivity contribution in [1.29, 1.82) is 0 Å². The number of hydrogen-bond donors (Lipinski definition) is 1. The first-order chi connectivity index (χ1) is 13.0. The molecular formula is C20H21FN6. The molecule has 0 aliphatic carbocycles. The number of nitrogens with two attached hydrogens (primary N) is 1. The third-order valence-corrected chi connectivity index (χ3v) is 5.01. The smallest absolute Gasteiger partial charge is 0.206 e. The first kappa shape index (κ1) is 17.4. The number of piperidine rings is 1. The summed E-state index contributed by atoms with van der Waals surface area (Å²) in [6.45, 7) is 10.8. The van der Waals surface area contributed by atoms with Crippen molar-refractivity contribution >= 4 is 22.7 Å². The van der Waals surface area contributed by atoms with Gasteiger partial charge in [-0.25, -0.2) is 14.2 Å². The Morgan fingerprint density at radius 1 is 1.33 bits per heavy atom. The standard InChI is InChI=1S/C20H21FN6/c1-13-3-4-14(10-24-13)11-27-19-9-15(23-2)5-6-18(19)25-20(27)26-8-7-16(21)17(22)12-26/h3-6,9-10,16-17H,7-8,11-12,22H2,1H3/t16-,17?/m1/s1. The molecule has 0 saturated carbocycles. The van der Waals surface area contributed by atoms with Crippen molar-refractivity contribution in [3.05, 3.63) is 59.2 Å². The van der Waals surface area contributed by atoms with Gasteiger partial charge in [0, 0.05) is 25.0 Å². The van der Waals surface area contributed by atoms with Gasteiger partial charge in [-0.2, -0.15) is 0 Å². The summed E-state index contributed by atoms with van der Waals surface area (Å²) in [6.07, 6.45) is 1.27. The van der Waals surface area contributed by atoms with Crippen molar-refractivity contribution < 1.29 is 4.39 Å². The number of fused-ring (bicyclic) bond motifs is 1. The molecule has 7 heteroatoms. The summed E-state index contributed by atoms with van der Waals surface area (Å²) in [4.78, 5) is 14.7. The molecule has 2 atom stereocenters. The minimum absolute atomic E-state index is 0.393. The molecule has 1 unspecified atom stereocenters. The Bertz CT molecular complexity index is 1000. The van der Waals surface area contributed by atoms with Gasteiger partial charge in [0.2, 0.25) is 5.95 Å². The summed E-state index contributed by atoms with van der Waals surface area (Å²) in [5.74, 6) is 0.759. The maximum absolute atomic E-state index is 13.8. The highest BCUT2D eigenvalue weighted by atomic mass is 19.1. The van der Waals surface area contributed by atoms with Crippen LogP contribution in [0, 0.1) is 13.5 Å². The van der Waals surface area contributed by atoms with Gasteiger partial charge in [-0.15, -0.1) is 0 Å². The van der Waals surface area contributed by atoms with Crippen molar-refractivity contribution in [3.63, 3.8) is 0 Å². The number of alkyl halides is 1. The number of imidazole rings is 1. The van der Waals surface area contributed by atoms with Crippen molar-refractivity contribution in [3.8, 4) is 0 Å². The van der Waals surface area contributed by atoms with E-state index in [2.05, 4.69) is 14.4 Å². The summed E-state index contributed by atoms with van der Waals surface area (Å²) in [5, 5.41) is 0. The molecule has 3 heterocycles. The Labute approximate surface area is 157 Å². The van der Waals surface area contributed by atoms with E-state index in [1.807, 2.05) is 42.3 Å². The van der Waals surface area contributed by atoms with Gasteiger partial charge in [0.05, 0.1) is 30.2 Å². The van der Waals surface area contributed by atoms with Crippen LogP contribution in [0.2, 0.25) is 0 Å². The number of anilines is 1. The Hall–Kier alpha value is -2.98. The van der Waals surface area contributed by atoms with Gasteiger partial charge in [-0.3, -0.25) is 4.98 Å². The maximum Gasteiger partial charge on any atom is 0.206 e. The summed E-state index contributed by atoms with van der Waals surface area (Å²) >= 11 is 0. The summed E-state index contributed by atoms with van der Waals surface area (Å²) in [7, 11) is 0. The summed E-state index contributed by atoms with van der Waals surface area (Å²) in [6, 6.07) is 8.97. The quantitative estimate of drug-likeness (QED) is 0.725. The SMILES string of the molecule is [C-]#[N+]c1ccc2nc(N3CC[C@@H](F)C(N)C3)n(Cc3ccc(C)nc3)c2c1. The van der Waals surface area contributed by atoms with Crippen molar-refractivity contribution in [2.75, 3.05) is 18.0 Å². The van der Waals surface area contributed by atoms with E-state index in [1.165, 1.54) is 0 Å². The molecule has 3 aromatic rings. The Kier molecular flexibility index (Phi) is 4.50. The third-order valence-electron chi connectivity index (χ3n) is 5.01. The number of pyridine rings is 1. The molecule has 0 bridgehead atoms. The van der Waals surface area contributed by atoms with Crippen LogP contribution in [0.1, 0.15) is 17.7 Å². The lowest BCUT2D eigenvalue weighted by Gasteiger charge is -2.34. The van der Waals surface area contributed by atoms with Crippen molar-refractivity contribution in [2.24, 2.45) is 5.73 Å². The van der Waals surface area contributed by atoms with Gasteiger partial charge in [-0.1, -0.05) is 12.1 Å². The van der Waals surface area contributed by atoms with E-state index in [4.69, 9.17) is 17.3 Å². The lowest BCUT2D eigenvalue weighted by Crippen LogP contribution is -2.50. The lowest BCUT2D eigenvalue weighted by atomic mass is 10.1. The van der Waals surface area contributed by atoms with E-state index in [9.17, 15) is 4.39 Å². The highest BCUT2D eigenvalue weighted by Gasteiger charge is 2.29. The molecule has 1 aromatic carbocycles. The zero-order valence-electron chi connectivity index (χ0n) is 15.1. The highest BCUT2D eigenvalue weighted by molar-refractivity contribution is 5.83. The molecule has 4 rings (SSSR count). The fourth-order valence-corrected chi connectivity index (χ4v) is 3.47. The topological polar surface area (TPSA) is 64.3 Å². The molecule has 6 nitrogen and oxygen atoms in total. The average Bonchev–Trinajstić information content (AvgIpc) is 3.03. The van der Waals surface area contributed by atoms with E-state index in [0.717, 1.165) is 28.2 Å². The van der Waals surface area contributed by atoms with Crippen LogP contribution in [0.25, 0.3) is 15.9 Å². The van der Waals surface area contributed by atoms with E-state index in [1.54, 1.807) is 6.07 Å². The Morgan fingerprint density at radius 3 is 2.89 bits per heavy atom. The number of halogens is 1. The second kappa shape index (κ2) is 6.97. The fraction of sp³-hybridized carbons (Fsp3) is 0.350. The number of nitrogens with zero attached hydrogens (tertiary/aromatic N) is 5. The number of benzene rings is 1. The average molecular weight is 364 g/mol. The molecule has 1 aliphatic rings. The predicted molar refractivity (Wildman–Crippen MR) is 104 cm³/mol. The molecule has 138 valence electrons. The Balaban J connectivity index is 1.79. The van der Waals surface area contributed by atoms with Gasteiger partial charge in [0.15, 0.2) is 5.69 Å². The molecule has 0 spiro atoms. The van der Waals surface area contributed by atoms with Gasteiger partial charge < -0.3 is 15.2 Å². The zero-order chi connectivity index (χ0) is 19.0. The van der Waals surface area contributed by atoms with Crippen molar-refractivity contribution in [1.82, 2.24) is 14.5 Å². The predicted octanol–water partition coefficient (Wildman–Crippen LogP) is 3.21. The van der Waals surface area contributed by atoms with Crippen LogP contribution in [0.4, 0.5) is 16.0 Å². The minimum atomic E-state index is -0.978. The maximum atomic E-state index is 13.8. The number of rotatable bonds is 3. The monoisotopic (exact) mass is 364 g/mol. The molecule has 27 heavy (non-hydrogen) atoms. The number of hydrogen-bond acceptors (Lipinski definition) is 4. The summed E-state index contributed by atoms with van der Waals surface area (Å²) in [5.41, 5.74) is 10.2. The van der Waals surface area contributed by atoms with E-state index in [-0.39, 0.29) is 0 Å². The van der Waals surface area contributed by atoms with E-state index in [0.29, 0.717) is 31.7 Å². The van der Waals surface area contributed by atoms with Crippen LogP contribution in [0.15, 0.2) is 36.5 Å². The van der Waals surface area contributed by atoms with Gasteiger partial charge in [-0.05, 0) is 37.1 Å². The molecule has 1 saturated heterocycles. The highest BCUT2D eigenvalue weighted by Crippen LogP contribution is 2.29. The molecule has 0 amide bonds. The molecular weight excluding hydrogens is 343 g/mol. The fourth-order valence-electron chi connectivity index (χ4n) is 3.47. The molecule has 1 aliphatic heterocycles. The molecule has 1 fully saturated rings. The number of aromatic nitrogens is 3. The third kappa shape index (κ3) is 3.36. The molecule has 0 radical (unpaired) electrons. The van der Waals surface area contributed by atoms with Crippen LogP contribution in [-0.2, 0) is 6.54 Å². The van der Waals surface area contributed by atoms with Gasteiger partial charge in [0.25, 0.3) is 0 Å². The lowest BCUT2D eigenvalue weighted by molar-refractivity contribution is 0.243. The number of aryl methyl sites for hydroxylation is 1. The second-order valence-corrected chi connectivity index (χ2v) is 7.01. The normalized spacial score (nSPS) is 20.0. The second-order valence-electron chi connectivity index (χ2n) is 7.01.